The summed E-state index contributed by atoms with van der Waals surface area (Å²) in [7, 11) is 0. The van der Waals surface area contributed by atoms with Gasteiger partial charge in [-0.05, 0) is 38.3 Å². The Bertz CT molecular complexity index is 216. The molecular weight excluding hydrogens is 202 g/mol. The molecule has 0 spiro atoms. The fraction of sp³-hybridized carbons (Fsp3) is 0.917. The van der Waals surface area contributed by atoms with E-state index >= 15 is 0 Å². The predicted octanol–water partition coefficient (Wildman–Crippen LogP) is 0.572. The lowest BCUT2D eigenvalue weighted by atomic mass is 10.2. The maximum atomic E-state index is 11.2. The van der Waals surface area contributed by atoms with E-state index in [1.807, 2.05) is 6.92 Å². The van der Waals surface area contributed by atoms with E-state index in [0.717, 1.165) is 32.0 Å². The van der Waals surface area contributed by atoms with Crippen molar-refractivity contribution >= 4 is 5.91 Å². The maximum Gasteiger partial charge on any atom is 0.234 e. The first-order chi connectivity index (χ1) is 7.67. The summed E-state index contributed by atoms with van der Waals surface area (Å²) in [5.41, 5.74) is 5.34. The number of carbonyl (C=O) groups excluding carboxylic acids is 1. The Hall–Kier alpha value is -0.610. The molecule has 16 heavy (non-hydrogen) atoms. The van der Waals surface area contributed by atoms with Crippen LogP contribution < -0.4 is 11.1 Å². The van der Waals surface area contributed by atoms with Gasteiger partial charge in [0.2, 0.25) is 5.91 Å². The molecule has 1 saturated carbocycles. The van der Waals surface area contributed by atoms with Gasteiger partial charge in [-0.15, -0.1) is 0 Å². The van der Waals surface area contributed by atoms with Crippen molar-refractivity contribution < 1.29 is 4.79 Å². The van der Waals surface area contributed by atoms with Crippen LogP contribution in [-0.4, -0.2) is 43.0 Å². The monoisotopic (exact) mass is 227 g/mol. The molecule has 1 atom stereocenters. The molecule has 4 heteroatoms. The minimum atomic E-state index is -0.232. The largest absolute Gasteiger partial charge is 0.368 e. The van der Waals surface area contributed by atoms with Crippen LogP contribution in [0.15, 0.2) is 0 Å². The lowest BCUT2D eigenvalue weighted by Crippen LogP contribution is -2.43. The van der Waals surface area contributed by atoms with Crippen molar-refractivity contribution in [2.75, 3.05) is 26.2 Å². The van der Waals surface area contributed by atoms with E-state index in [4.69, 9.17) is 5.73 Å². The summed E-state index contributed by atoms with van der Waals surface area (Å²) in [6, 6.07) is -0.168. The zero-order valence-electron chi connectivity index (χ0n) is 10.5. The lowest BCUT2D eigenvalue weighted by Gasteiger charge is -2.22. The molecule has 1 fully saturated rings. The highest BCUT2D eigenvalue weighted by Gasteiger charge is 2.24. The molecule has 94 valence electrons. The molecule has 4 nitrogen and oxygen atoms in total. The van der Waals surface area contributed by atoms with Crippen LogP contribution >= 0.6 is 0 Å². The molecule has 1 rings (SSSR count). The van der Waals surface area contributed by atoms with Gasteiger partial charge in [0.05, 0.1) is 6.04 Å². The molecule has 0 aromatic carbocycles. The van der Waals surface area contributed by atoms with Crippen LogP contribution in [0.3, 0.4) is 0 Å². The van der Waals surface area contributed by atoms with Gasteiger partial charge in [-0.1, -0.05) is 13.8 Å². The Morgan fingerprint density at radius 3 is 2.62 bits per heavy atom. The van der Waals surface area contributed by atoms with E-state index in [2.05, 4.69) is 17.1 Å². The molecule has 1 aliphatic carbocycles. The van der Waals surface area contributed by atoms with Crippen LogP contribution in [0.5, 0.6) is 0 Å². The molecular formula is C12H25N3O. The lowest BCUT2D eigenvalue weighted by molar-refractivity contribution is -0.120. The highest BCUT2D eigenvalue weighted by atomic mass is 16.1. The van der Waals surface area contributed by atoms with Gasteiger partial charge in [0.1, 0.15) is 0 Å². The molecule has 0 heterocycles. The number of amides is 1. The number of carbonyl (C=O) groups is 1. The number of nitrogens with zero attached hydrogens (tertiary/aromatic N) is 1. The Morgan fingerprint density at radius 2 is 2.19 bits per heavy atom. The van der Waals surface area contributed by atoms with E-state index in [1.54, 1.807) is 0 Å². The molecule has 0 aliphatic heterocycles. The summed E-state index contributed by atoms with van der Waals surface area (Å²) in [6.07, 6.45) is 3.58. The molecule has 1 unspecified atom stereocenters. The van der Waals surface area contributed by atoms with E-state index in [-0.39, 0.29) is 11.9 Å². The molecule has 0 aromatic heterocycles. The molecule has 1 aliphatic rings. The van der Waals surface area contributed by atoms with Crippen LogP contribution in [-0.2, 0) is 4.79 Å². The van der Waals surface area contributed by atoms with E-state index in [0.29, 0.717) is 0 Å². The van der Waals surface area contributed by atoms with E-state index in [9.17, 15) is 4.79 Å². The number of rotatable bonds is 9. The second kappa shape index (κ2) is 6.86. The number of nitrogens with one attached hydrogen (secondary N) is 1. The Labute approximate surface area is 98.6 Å². The van der Waals surface area contributed by atoms with Crippen LogP contribution in [0, 0.1) is 5.92 Å². The fourth-order valence-corrected chi connectivity index (χ4v) is 1.95. The molecule has 0 saturated heterocycles. The highest BCUT2D eigenvalue weighted by molar-refractivity contribution is 5.79. The first-order valence-electron chi connectivity index (χ1n) is 6.42. The smallest absolute Gasteiger partial charge is 0.234 e. The number of likely N-dealkylation sites (N-methyl/N-ethyl adjacent to an activating group) is 1. The van der Waals surface area contributed by atoms with Crippen molar-refractivity contribution in [3.63, 3.8) is 0 Å². The van der Waals surface area contributed by atoms with Gasteiger partial charge >= 0.3 is 0 Å². The Morgan fingerprint density at radius 1 is 1.50 bits per heavy atom. The van der Waals surface area contributed by atoms with Crippen molar-refractivity contribution in [2.45, 2.75) is 39.2 Å². The van der Waals surface area contributed by atoms with Crippen LogP contribution in [0.25, 0.3) is 0 Å². The normalized spacial score (nSPS) is 17.7. The zero-order chi connectivity index (χ0) is 12.0. The summed E-state index contributed by atoms with van der Waals surface area (Å²) in [6.45, 7) is 8.19. The Kier molecular flexibility index (Phi) is 5.77. The highest BCUT2D eigenvalue weighted by Crippen LogP contribution is 2.29. The number of hydrogen-bond acceptors (Lipinski definition) is 3. The van der Waals surface area contributed by atoms with Crippen LogP contribution in [0.1, 0.15) is 33.1 Å². The molecule has 1 amide bonds. The van der Waals surface area contributed by atoms with Gasteiger partial charge in [-0.25, -0.2) is 0 Å². The van der Waals surface area contributed by atoms with Gasteiger partial charge in [0.25, 0.3) is 0 Å². The second-order valence-electron chi connectivity index (χ2n) is 4.64. The van der Waals surface area contributed by atoms with E-state index < -0.39 is 0 Å². The fourth-order valence-electron chi connectivity index (χ4n) is 1.95. The van der Waals surface area contributed by atoms with Crippen LogP contribution in [0.4, 0.5) is 0 Å². The molecule has 0 radical (unpaired) electrons. The third-order valence-electron chi connectivity index (χ3n) is 3.19. The van der Waals surface area contributed by atoms with Gasteiger partial charge < -0.3 is 16.0 Å². The van der Waals surface area contributed by atoms with Crippen molar-refractivity contribution in [2.24, 2.45) is 11.7 Å². The standard InChI is InChI=1S/C12H25N3O/c1-3-14-11(12(13)16)7-8-15(4-2)9-10-5-6-10/h10-11,14H,3-9H2,1-2H3,(H2,13,16). The minimum absolute atomic E-state index is 0.168. The Balaban J connectivity index is 2.24. The summed E-state index contributed by atoms with van der Waals surface area (Å²) in [5.74, 6) is 0.676. The second-order valence-corrected chi connectivity index (χ2v) is 4.64. The summed E-state index contributed by atoms with van der Waals surface area (Å²) < 4.78 is 0. The van der Waals surface area contributed by atoms with Crippen molar-refractivity contribution in [3.05, 3.63) is 0 Å². The van der Waals surface area contributed by atoms with Crippen LogP contribution in [0.2, 0.25) is 0 Å². The quantitative estimate of drug-likeness (QED) is 0.605. The summed E-state index contributed by atoms with van der Waals surface area (Å²) in [4.78, 5) is 13.6. The SMILES string of the molecule is CCNC(CCN(CC)CC1CC1)C(N)=O. The number of nitrogens with two attached hydrogens (primary N) is 1. The third-order valence-corrected chi connectivity index (χ3v) is 3.19. The van der Waals surface area contributed by atoms with Crippen molar-refractivity contribution in [3.8, 4) is 0 Å². The third kappa shape index (κ3) is 4.94. The van der Waals surface area contributed by atoms with E-state index in [1.165, 1.54) is 19.4 Å². The van der Waals surface area contributed by atoms with Crippen molar-refractivity contribution in [1.82, 2.24) is 10.2 Å². The number of hydrogen-bond donors (Lipinski definition) is 2. The van der Waals surface area contributed by atoms with Gasteiger partial charge in [-0.3, -0.25) is 4.79 Å². The molecule has 0 bridgehead atoms. The zero-order valence-corrected chi connectivity index (χ0v) is 10.5. The van der Waals surface area contributed by atoms with Gasteiger partial charge in [-0.2, -0.15) is 0 Å². The molecule has 0 aromatic rings. The predicted molar refractivity (Wildman–Crippen MR) is 66.1 cm³/mol. The molecule has 3 N–H and O–H groups in total. The van der Waals surface area contributed by atoms with Gasteiger partial charge in [0.15, 0.2) is 0 Å². The topological polar surface area (TPSA) is 58.4 Å². The number of primary amides is 1. The summed E-state index contributed by atoms with van der Waals surface area (Å²) in [5, 5.41) is 3.13. The average molecular weight is 227 g/mol. The summed E-state index contributed by atoms with van der Waals surface area (Å²) >= 11 is 0. The van der Waals surface area contributed by atoms with Crippen molar-refractivity contribution in [1.29, 1.82) is 0 Å². The van der Waals surface area contributed by atoms with Gasteiger partial charge in [0, 0.05) is 13.1 Å². The first kappa shape index (κ1) is 13.5. The minimum Gasteiger partial charge on any atom is -0.368 e. The average Bonchev–Trinajstić information content (AvgIpc) is 3.05. The first-order valence-corrected chi connectivity index (χ1v) is 6.42. The maximum absolute atomic E-state index is 11.2.